The zero-order chi connectivity index (χ0) is 9.26. The second-order valence-electron chi connectivity index (χ2n) is 3.55. The van der Waals surface area contributed by atoms with Gasteiger partial charge in [-0.15, -0.1) is 0 Å². The maximum absolute atomic E-state index is 6.11. The van der Waals surface area contributed by atoms with Gasteiger partial charge in [-0.25, -0.2) is 0 Å². The first-order valence-corrected chi connectivity index (χ1v) is 5.10. The lowest BCUT2D eigenvalue weighted by molar-refractivity contribution is 0.405. The number of piperidine rings is 1. The summed E-state index contributed by atoms with van der Waals surface area (Å²) in [4.78, 5) is 0. The maximum atomic E-state index is 6.11. The molecule has 0 radical (unpaired) electrons. The number of hydrogen-bond acceptors (Lipinski definition) is 2. The Morgan fingerprint density at radius 3 is 2.85 bits per heavy atom. The summed E-state index contributed by atoms with van der Waals surface area (Å²) < 4.78 is 0. The molecule has 2 rings (SSSR count). The highest BCUT2D eigenvalue weighted by atomic mass is 35.5. The predicted molar refractivity (Wildman–Crippen MR) is 52.9 cm³/mol. The Balaban J connectivity index is 2.18. The third-order valence-corrected chi connectivity index (χ3v) is 3.02. The first kappa shape index (κ1) is 9.03. The standard InChI is InChI=1S/C9H14ClN3/c1-6-8(10)9(13-12-6)7-4-2-3-5-11-7/h7,11H,2-5H2,1H3,(H,12,13). The molecule has 1 atom stereocenters. The Morgan fingerprint density at radius 2 is 2.31 bits per heavy atom. The third kappa shape index (κ3) is 1.71. The van der Waals surface area contributed by atoms with Crippen LogP contribution in [0.5, 0.6) is 0 Å². The number of hydrogen-bond donors (Lipinski definition) is 2. The molecule has 1 aliphatic heterocycles. The normalized spacial score (nSPS) is 23.4. The van der Waals surface area contributed by atoms with E-state index in [9.17, 15) is 0 Å². The van der Waals surface area contributed by atoms with Gasteiger partial charge < -0.3 is 5.32 Å². The van der Waals surface area contributed by atoms with E-state index in [4.69, 9.17) is 11.6 Å². The molecule has 2 heterocycles. The van der Waals surface area contributed by atoms with E-state index in [-0.39, 0.29) is 0 Å². The predicted octanol–water partition coefficient (Wildman–Crippen LogP) is 2.19. The molecule has 0 amide bonds. The average molecular weight is 200 g/mol. The Labute approximate surface area is 82.9 Å². The minimum absolute atomic E-state index is 0.353. The van der Waals surface area contributed by atoms with Crippen LogP contribution in [0.2, 0.25) is 5.02 Å². The van der Waals surface area contributed by atoms with Gasteiger partial charge in [0.15, 0.2) is 0 Å². The number of rotatable bonds is 1. The Kier molecular flexibility index (Phi) is 2.56. The molecule has 1 aromatic heterocycles. The summed E-state index contributed by atoms with van der Waals surface area (Å²) in [5.41, 5.74) is 1.95. The molecule has 1 fully saturated rings. The zero-order valence-electron chi connectivity index (χ0n) is 7.73. The van der Waals surface area contributed by atoms with Crippen molar-refractivity contribution < 1.29 is 0 Å². The van der Waals surface area contributed by atoms with Crippen LogP contribution in [-0.2, 0) is 0 Å². The summed E-state index contributed by atoms with van der Waals surface area (Å²) in [7, 11) is 0. The van der Waals surface area contributed by atoms with Crippen LogP contribution in [0.15, 0.2) is 0 Å². The van der Waals surface area contributed by atoms with Crippen molar-refractivity contribution in [2.24, 2.45) is 0 Å². The topological polar surface area (TPSA) is 40.7 Å². The van der Waals surface area contributed by atoms with E-state index in [0.29, 0.717) is 6.04 Å². The van der Waals surface area contributed by atoms with Gasteiger partial charge in [-0.2, -0.15) is 5.10 Å². The highest BCUT2D eigenvalue weighted by molar-refractivity contribution is 6.31. The average Bonchev–Trinajstić information content (AvgIpc) is 2.49. The number of nitrogens with one attached hydrogen (secondary N) is 2. The molecule has 4 heteroatoms. The summed E-state index contributed by atoms with van der Waals surface area (Å²) in [5.74, 6) is 0. The van der Waals surface area contributed by atoms with E-state index in [1.807, 2.05) is 6.92 Å². The second-order valence-corrected chi connectivity index (χ2v) is 3.93. The smallest absolute Gasteiger partial charge is 0.0980 e. The third-order valence-electron chi connectivity index (χ3n) is 2.54. The van der Waals surface area contributed by atoms with Crippen molar-refractivity contribution in [1.29, 1.82) is 0 Å². The lowest BCUT2D eigenvalue weighted by atomic mass is 10.0. The molecular formula is C9H14ClN3. The van der Waals surface area contributed by atoms with Crippen molar-refractivity contribution in [3.05, 3.63) is 16.4 Å². The van der Waals surface area contributed by atoms with E-state index in [1.165, 1.54) is 12.8 Å². The minimum atomic E-state index is 0.353. The first-order chi connectivity index (χ1) is 6.29. The number of aromatic nitrogens is 2. The molecule has 3 nitrogen and oxygen atoms in total. The molecular weight excluding hydrogens is 186 g/mol. The van der Waals surface area contributed by atoms with Crippen LogP contribution in [0.4, 0.5) is 0 Å². The molecule has 0 aromatic carbocycles. The van der Waals surface area contributed by atoms with Gasteiger partial charge in [0.1, 0.15) is 0 Å². The van der Waals surface area contributed by atoms with Gasteiger partial charge in [0.05, 0.1) is 22.5 Å². The van der Waals surface area contributed by atoms with Crippen LogP contribution < -0.4 is 5.32 Å². The lowest BCUT2D eigenvalue weighted by Gasteiger charge is -2.21. The highest BCUT2D eigenvalue weighted by Crippen LogP contribution is 2.28. The zero-order valence-corrected chi connectivity index (χ0v) is 8.49. The van der Waals surface area contributed by atoms with Crippen molar-refractivity contribution in [2.45, 2.75) is 32.2 Å². The van der Waals surface area contributed by atoms with Crippen LogP contribution in [0, 0.1) is 6.92 Å². The molecule has 1 aliphatic rings. The number of aromatic amines is 1. The molecule has 2 N–H and O–H groups in total. The van der Waals surface area contributed by atoms with E-state index >= 15 is 0 Å². The number of halogens is 1. The second kappa shape index (κ2) is 3.68. The fraction of sp³-hybridized carbons (Fsp3) is 0.667. The summed E-state index contributed by atoms with van der Waals surface area (Å²) in [6.07, 6.45) is 3.67. The molecule has 1 aromatic rings. The highest BCUT2D eigenvalue weighted by Gasteiger charge is 2.20. The SMILES string of the molecule is Cc1[nH]nc(C2CCCCN2)c1Cl. The first-order valence-electron chi connectivity index (χ1n) is 4.73. The van der Waals surface area contributed by atoms with Gasteiger partial charge in [0.25, 0.3) is 0 Å². The molecule has 0 saturated carbocycles. The van der Waals surface area contributed by atoms with Crippen molar-refractivity contribution >= 4 is 11.6 Å². The van der Waals surface area contributed by atoms with Gasteiger partial charge >= 0.3 is 0 Å². The Bertz CT molecular complexity index is 289. The summed E-state index contributed by atoms with van der Waals surface area (Å²) in [6, 6.07) is 0.353. The fourth-order valence-electron chi connectivity index (χ4n) is 1.75. The van der Waals surface area contributed by atoms with Crippen molar-refractivity contribution in [1.82, 2.24) is 15.5 Å². The van der Waals surface area contributed by atoms with E-state index in [1.54, 1.807) is 0 Å². The summed E-state index contributed by atoms with van der Waals surface area (Å²) >= 11 is 6.11. The molecule has 1 unspecified atom stereocenters. The van der Waals surface area contributed by atoms with Gasteiger partial charge in [0, 0.05) is 0 Å². The molecule has 0 bridgehead atoms. The maximum Gasteiger partial charge on any atom is 0.0980 e. The number of H-pyrrole nitrogens is 1. The summed E-state index contributed by atoms with van der Waals surface area (Å²) in [6.45, 7) is 3.02. The van der Waals surface area contributed by atoms with Crippen LogP contribution in [0.3, 0.4) is 0 Å². The number of aryl methyl sites for hydroxylation is 1. The summed E-state index contributed by atoms with van der Waals surface area (Å²) in [5, 5.41) is 11.3. The van der Waals surface area contributed by atoms with Gasteiger partial charge in [-0.05, 0) is 26.3 Å². The van der Waals surface area contributed by atoms with E-state index < -0.39 is 0 Å². The quantitative estimate of drug-likeness (QED) is 0.728. The molecule has 0 aliphatic carbocycles. The van der Waals surface area contributed by atoms with E-state index in [2.05, 4.69) is 15.5 Å². The van der Waals surface area contributed by atoms with Crippen molar-refractivity contribution in [3.63, 3.8) is 0 Å². The Morgan fingerprint density at radius 1 is 1.46 bits per heavy atom. The van der Waals surface area contributed by atoms with Gasteiger partial charge in [0.2, 0.25) is 0 Å². The molecule has 1 saturated heterocycles. The lowest BCUT2D eigenvalue weighted by Crippen LogP contribution is -2.27. The van der Waals surface area contributed by atoms with Gasteiger partial charge in [-0.1, -0.05) is 18.0 Å². The Hall–Kier alpha value is -0.540. The number of nitrogens with zero attached hydrogens (tertiary/aromatic N) is 1. The molecule has 0 spiro atoms. The monoisotopic (exact) mass is 199 g/mol. The van der Waals surface area contributed by atoms with Crippen molar-refractivity contribution in [2.75, 3.05) is 6.54 Å². The fourth-order valence-corrected chi connectivity index (χ4v) is 1.97. The molecule has 13 heavy (non-hydrogen) atoms. The van der Waals surface area contributed by atoms with Crippen molar-refractivity contribution in [3.8, 4) is 0 Å². The molecule has 72 valence electrons. The van der Waals surface area contributed by atoms with Crippen LogP contribution in [0.25, 0.3) is 0 Å². The van der Waals surface area contributed by atoms with Crippen LogP contribution in [-0.4, -0.2) is 16.7 Å². The van der Waals surface area contributed by atoms with E-state index in [0.717, 1.165) is 29.4 Å². The largest absolute Gasteiger partial charge is 0.309 e. The minimum Gasteiger partial charge on any atom is -0.309 e. The van der Waals surface area contributed by atoms with Gasteiger partial charge in [-0.3, -0.25) is 5.10 Å². The van der Waals surface area contributed by atoms with Crippen LogP contribution >= 0.6 is 11.6 Å². The van der Waals surface area contributed by atoms with Crippen LogP contribution in [0.1, 0.15) is 36.7 Å².